The molecule has 0 aromatic heterocycles. The van der Waals surface area contributed by atoms with E-state index in [2.05, 4.69) is 22.6 Å². The number of halogens is 1. The fourth-order valence-corrected chi connectivity index (χ4v) is 3.35. The summed E-state index contributed by atoms with van der Waals surface area (Å²) in [5.41, 5.74) is 0. The third kappa shape index (κ3) is 3.82. The van der Waals surface area contributed by atoms with Gasteiger partial charge < -0.3 is 9.47 Å². The number of rotatable bonds is 3. The molecule has 0 spiro atoms. The maximum atomic E-state index is 11.2. The van der Waals surface area contributed by atoms with E-state index in [1.165, 1.54) is 13.8 Å². The van der Waals surface area contributed by atoms with Crippen LogP contribution in [-0.4, -0.2) is 21.7 Å². The van der Waals surface area contributed by atoms with E-state index in [-0.39, 0.29) is 5.92 Å². The molecule has 1 saturated carbocycles. The fraction of sp³-hybridized carbons (Fsp3) is 0.833. The van der Waals surface area contributed by atoms with Crippen molar-refractivity contribution in [1.29, 1.82) is 0 Å². The minimum atomic E-state index is -1.03. The molecule has 0 saturated heterocycles. The van der Waals surface area contributed by atoms with Crippen LogP contribution in [0.1, 0.15) is 46.5 Å². The summed E-state index contributed by atoms with van der Waals surface area (Å²) in [6, 6.07) is 0. The lowest BCUT2D eigenvalue weighted by Crippen LogP contribution is -2.49. The van der Waals surface area contributed by atoms with Crippen molar-refractivity contribution in [2.45, 2.75) is 56.2 Å². The van der Waals surface area contributed by atoms with Crippen LogP contribution in [0.25, 0.3) is 0 Å². The number of ether oxygens (including phenoxy) is 2. The number of hydrogen-bond acceptors (Lipinski definition) is 4. The molecule has 0 aromatic carbocycles. The van der Waals surface area contributed by atoms with Crippen LogP contribution < -0.4 is 0 Å². The molecule has 0 N–H and O–H groups in total. The lowest BCUT2D eigenvalue weighted by atomic mass is 9.81. The zero-order valence-corrected chi connectivity index (χ0v) is 12.7. The highest BCUT2D eigenvalue weighted by atomic mass is 127. The molecule has 17 heavy (non-hydrogen) atoms. The first-order valence-electron chi connectivity index (χ1n) is 5.93. The maximum absolute atomic E-state index is 11.2. The molecule has 5 heteroatoms. The van der Waals surface area contributed by atoms with Crippen molar-refractivity contribution >= 4 is 34.5 Å². The smallest absolute Gasteiger partial charge is 0.305 e. The van der Waals surface area contributed by atoms with Gasteiger partial charge in [0.1, 0.15) is 0 Å². The summed E-state index contributed by atoms with van der Waals surface area (Å²) in [4.78, 5) is 22.5. The van der Waals surface area contributed by atoms with Crippen molar-refractivity contribution in [3.05, 3.63) is 0 Å². The van der Waals surface area contributed by atoms with Gasteiger partial charge in [-0.05, 0) is 19.3 Å². The minimum Gasteiger partial charge on any atom is -0.422 e. The van der Waals surface area contributed by atoms with Gasteiger partial charge in [0.15, 0.2) is 0 Å². The predicted molar refractivity (Wildman–Crippen MR) is 71.7 cm³/mol. The van der Waals surface area contributed by atoms with Crippen LogP contribution in [0.2, 0.25) is 0 Å². The van der Waals surface area contributed by atoms with Crippen molar-refractivity contribution in [2.24, 2.45) is 5.92 Å². The quantitative estimate of drug-likeness (QED) is 0.339. The molecule has 2 unspecified atom stereocenters. The number of carbonyl (C=O) groups is 2. The first-order chi connectivity index (χ1) is 7.89. The molecular formula is C12H19IO4. The molecule has 0 radical (unpaired) electrons. The van der Waals surface area contributed by atoms with Crippen molar-refractivity contribution in [2.75, 3.05) is 0 Å². The second-order valence-corrected chi connectivity index (χ2v) is 6.24. The number of alkyl halides is 1. The van der Waals surface area contributed by atoms with Gasteiger partial charge in [0.25, 0.3) is 5.79 Å². The summed E-state index contributed by atoms with van der Waals surface area (Å²) in [5.74, 6) is -1.73. The van der Waals surface area contributed by atoms with Crippen LogP contribution in [0.5, 0.6) is 0 Å². The Morgan fingerprint density at radius 2 is 1.82 bits per heavy atom. The van der Waals surface area contributed by atoms with Gasteiger partial charge in [-0.1, -0.05) is 29.5 Å². The third-order valence-electron chi connectivity index (χ3n) is 3.09. The number of hydrogen-bond donors (Lipinski definition) is 0. The second kappa shape index (κ2) is 6.02. The highest BCUT2D eigenvalue weighted by Crippen LogP contribution is 2.42. The summed E-state index contributed by atoms with van der Waals surface area (Å²) >= 11 is 2.40. The first kappa shape index (κ1) is 14.7. The summed E-state index contributed by atoms with van der Waals surface area (Å²) in [6.45, 7) is 4.74. The molecule has 1 aliphatic carbocycles. The van der Waals surface area contributed by atoms with E-state index in [4.69, 9.17) is 9.47 Å². The molecular weight excluding hydrogens is 335 g/mol. The summed E-state index contributed by atoms with van der Waals surface area (Å²) in [5, 5.41) is 0. The Labute approximate surface area is 116 Å². The Bertz CT molecular complexity index is 287. The topological polar surface area (TPSA) is 52.6 Å². The predicted octanol–water partition coefficient (Wildman–Crippen LogP) is 2.82. The van der Waals surface area contributed by atoms with Gasteiger partial charge in [-0.3, -0.25) is 9.59 Å². The van der Waals surface area contributed by atoms with Crippen LogP contribution in [0.15, 0.2) is 0 Å². The molecule has 0 amide bonds. The summed E-state index contributed by atoms with van der Waals surface area (Å²) < 4.78 is 11.3. The van der Waals surface area contributed by atoms with Gasteiger partial charge >= 0.3 is 11.9 Å². The van der Waals surface area contributed by atoms with Crippen molar-refractivity contribution in [3.8, 4) is 0 Å². The zero-order chi connectivity index (χ0) is 13.1. The van der Waals surface area contributed by atoms with E-state index in [0.29, 0.717) is 10.3 Å². The first-order valence-corrected chi connectivity index (χ1v) is 7.17. The molecule has 0 heterocycles. The van der Waals surface area contributed by atoms with E-state index in [0.717, 1.165) is 19.3 Å². The van der Waals surface area contributed by atoms with Gasteiger partial charge in [-0.25, -0.2) is 0 Å². The summed E-state index contributed by atoms with van der Waals surface area (Å²) in [7, 11) is 0. The van der Waals surface area contributed by atoms with Crippen molar-refractivity contribution in [1.82, 2.24) is 0 Å². The average Bonchev–Trinajstić information content (AvgIpc) is 2.19. The highest BCUT2D eigenvalue weighted by Gasteiger charge is 2.48. The standard InChI is InChI=1S/C12H19IO4/c1-4-10-7-11(13)5-6-12(10,16-8(2)14)17-9(3)15/h10-11H,4-7H2,1-3H3. The van der Waals surface area contributed by atoms with Gasteiger partial charge in [-0.15, -0.1) is 0 Å². The molecule has 0 bridgehead atoms. The molecule has 2 atom stereocenters. The number of esters is 2. The lowest BCUT2D eigenvalue weighted by Gasteiger charge is -2.42. The summed E-state index contributed by atoms with van der Waals surface area (Å²) in [6.07, 6.45) is 3.24. The maximum Gasteiger partial charge on any atom is 0.305 e. The zero-order valence-electron chi connectivity index (χ0n) is 10.5. The monoisotopic (exact) mass is 354 g/mol. The Hall–Kier alpha value is -0.330. The van der Waals surface area contributed by atoms with Crippen LogP contribution in [0, 0.1) is 5.92 Å². The van der Waals surface area contributed by atoms with Gasteiger partial charge in [0, 0.05) is 30.1 Å². The minimum absolute atomic E-state index is 0.0888. The Kier molecular flexibility index (Phi) is 5.22. The van der Waals surface area contributed by atoms with E-state index >= 15 is 0 Å². The largest absolute Gasteiger partial charge is 0.422 e. The van der Waals surface area contributed by atoms with E-state index in [1.54, 1.807) is 0 Å². The van der Waals surface area contributed by atoms with Crippen molar-refractivity contribution in [3.63, 3.8) is 0 Å². The molecule has 98 valence electrons. The SMILES string of the molecule is CCC1CC(I)CCC1(OC(C)=O)OC(C)=O. The molecule has 1 rings (SSSR count). The molecule has 0 aromatic rings. The number of carbonyl (C=O) groups excluding carboxylic acids is 2. The Morgan fingerprint density at radius 1 is 1.29 bits per heavy atom. The van der Waals surface area contributed by atoms with Gasteiger partial charge in [-0.2, -0.15) is 0 Å². The normalized spacial score (nSPS) is 27.3. The van der Waals surface area contributed by atoms with Gasteiger partial charge in [0.05, 0.1) is 0 Å². The molecule has 4 nitrogen and oxygen atoms in total. The molecule has 1 fully saturated rings. The lowest BCUT2D eigenvalue weighted by molar-refractivity contribution is -0.255. The average molecular weight is 354 g/mol. The Morgan fingerprint density at radius 3 is 2.24 bits per heavy atom. The molecule has 1 aliphatic rings. The van der Waals surface area contributed by atoms with E-state index in [1.807, 2.05) is 6.92 Å². The van der Waals surface area contributed by atoms with Crippen molar-refractivity contribution < 1.29 is 19.1 Å². The highest BCUT2D eigenvalue weighted by molar-refractivity contribution is 14.1. The van der Waals surface area contributed by atoms with Crippen LogP contribution in [-0.2, 0) is 19.1 Å². The van der Waals surface area contributed by atoms with Crippen LogP contribution >= 0.6 is 22.6 Å². The van der Waals surface area contributed by atoms with Crippen LogP contribution in [0.3, 0.4) is 0 Å². The van der Waals surface area contributed by atoms with Gasteiger partial charge in [0.2, 0.25) is 0 Å². The fourth-order valence-electron chi connectivity index (χ4n) is 2.42. The van der Waals surface area contributed by atoms with Crippen LogP contribution in [0.4, 0.5) is 0 Å². The molecule has 0 aliphatic heterocycles. The van der Waals surface area contributed by atoms with E-state index < -0.39 is 17.7 Å². The third-order valence-corrected chi connectivity index (χ3v) is 4.23. The second-order valence-electron chi connectivity index (χ2n) is 4.48. The Balaban J connectivity index is 2.92. The van der Waals surface area contributed by atoms with E-state index in [9.17, 15) is 9.59 Å².